The predicted octanol–water partition coefficient (Wildman–Crippen LogP) is 5.22. The molecule has 0 spiro atoms. The molecule has 0 bridgehead atoms. The minimum atomic E-state index is 0.135. The predicted molar refractivity (Wildman–Crippen MR) is 100 cm³/mol. The molecule has 0 amide bonds. The summed E-state index contributed by atoms with van der Waals surface area (Å²) in [5, 5.41) is 4.06. The quantitative estimate of drug-likeness (QED) is 0.775. The topological polar surface area (TPSA) is 41.5 Å². The molecule has 0 saturated carbocycles. The summed E-state index contributed by atoms with van der Waals surface area (Å²) >= 11 is 5.90. The van der Waals surface area contributed by atoms with E-state index in [9.17, 15) is 4.79 Å². The Kier molecular flexibility index (Phi) is 5.65. The molecule has 1 N–H and O–H groups in total. The van der Waals surface area contributed by atoms with Gasteiger partial charge >= 0.3 is 0 Å². The minimum Gasteiger partial charge on any atom is -0.344 e. The molecule has 0 aliphatic carbocycles. The van der Waals surface area contributed by atoms with E-state index >= 15 is 0 Å². The number of carbonyl (C=O) groups is 1. The highest BCUT2D eigenvalue weighted by Gasteiger charge is 2.22. The van der Waals surface area contributed by atoms with Crippen LogP contribution in [0.1, 0.15) is 36.0 Å². The van der Waals surface area contributed by atoms with Crippen molar-refractivity contribution in [3.63, 3.8) is 0 Å². The Morgan fingerprint density at radius 1 is 1.08 bits per heavy atom. The van der Waals surface area contributed by atoms with Crippen molar-refractivity contribution in [2.24, 2.45) is 10.9 Å². The Hall–Kier alpha value is -2.13. The number of hydrogen-bond donors (Lipinski definition) is 1. The normalized spacial score (nSPS) is 17.7. The molecule has 2 aromatic carbocycles. The fourth-order valence-corrected chi connectivity index (χ4v) is 3.08. The summed E-state index contributed by atoms with van der Waals surface area (Å²) in [5.74, 6) is 1.21. The second-order valence-corrected chi connectivity index (χ2v) is 6.52. The van der Waals surface area contributed by atoms with Crippen molar-refractivity contribution in [2.75, 3.05) is 11.9 Å². The number of halogens is 1. The highest BCUT2D eigenvalue weighted by molar-refractivity contribution is 6.30. The molecule has 0 fully saturated rings. The first-order valence-electron chi connectivity index (χ1n) is 8.37. The number of aliphatic imine (C=N–C) groups is 1. The molecule has 0 radical (unpaired) electrons. The molecule has 1 aliphatic heterocycles. The molecule has 1 aliphatic rings. The molecular formula is C20H21ClN2O. The van der Waals surface area contributed by atoms with Crippen LogP contribution >= 0.6 is 11.6 Å². The van der Waals surface area contributed by atoms with Gasteiger partial charge in [-0.1, -0.05) is 36.2 Å². The van der Waals surface area contributed by atoms with E-state index in [0.29, 0.717) is 17.0 Å². The van der Waals surface area contributed by atoms with Crippen LogP contribution in [0.2, 0.25) is 5.02 Å². The van der Waals surface area contributed by atoms with Gasteiger partial charge in [-0.3, -0.25) is 9.79 Å². The van der Waals surface area contributed by atoms with Crippen molar-refractivity contribution in [1.82, 2.24) is 0 Å². The summed E-state index contributed by atoms with van der Waals surface area (Å²) in [6.07, 6.45) is 3.63. The number of benzene rings is 2. The van der Waals surface area contributed by atoms with Gasteiger partial charge in [0.25, 0.3) is 0 Å². The van der Waals surface area contributed by atoms with E-state index in [-0.39, 0.29) is 11.7 Å². The van der Waals surface area contributed by atoms with Crippen molar-refractivity contribution in [3.05, 3.63) is 65.2 Å². The second-order valence-electron chi connectivity index (χ2n) is 6.08. The molecule has 4 heteroatoms. The van der Waals surface area contributed by atoms with Crippen LogP contribution in [0, 0.1) is 5.92 Å². The number of hydrogen-bond acceptors (Lipinski definition) is 3. The van der Waals surface area contributed by atoms with Crippen molar-refractivity contribution in [1.29, 1.82) is 0 Å². The van der Waals surface area contributed by atoms with Gasteiger partial charge in [0.15, 0.2) is 5.78 Å². The summed E-state index contributed by atoms with van der Waals surface area (Å²) in [6, 6.07) is 17.1. The third-order valence-electron chi connectivity index (χ3n) is 4.27. The zero-order chi connectivity index (χ0) is 16.8. The Bertz CT molecular complexity index is 710. The van der Waals surface area contributed by atoms with Crippen LogP contribution in [-0.2, 0) is 0 Å². The second kappa shape index (κ2) is 8.11. The summed E-state index contributed by atoms with van der Waals surface area (Å²) in [6.45, 7) is 0.820. The van der Waals surface area contributed by atoms with E-state index < -0.39 is 0 Å². The lowest BCUT2D eigenvalue weighted by Gasteiger charge is -2.18. The van der Waals surface area contributed by atoms with Crippen LogP contribution in [0.25, 0.3) is 0 Å². The minimum absolute atomic E-state index is 0.135. The molecule has 2 aromatic rings. The number of nitrogens with one attached hydrogen (secondary N) is 1. The lowest BCUT2D eigenvalue weighted by atomic mass is 9.93. The number of para-hydroxylation sites is 1. The summed E-state index contributed by atoms with van der Waals surface area (Å²) in [5.41, 5.74) is 1.73. The average molecular weight is 341 g/mol. The third-order valence-corrected chi connectivity index (χ3v) is 4.53. The summed E-state index contributed by atoms with van der Waals surface area (Å²) in [4.78, 5) is 17.3. The van der Waals surface area contributed by atoms with Gasteiger partial charge in [0.05, 0.1) is 0 Å². The van der Waals surface area contributed by atoms with Crippen LogP contribution < -0.4 is 5.32 Å². The molecule has 1 heterocycles. The Balaban J connectivity index is 1.73. The Morgan fingerprint density at radius 3 is 2.58 bits per heavy atom. The summed E-state index contributed by atoms with van der Waals surface area (Å²) in [7, 11) is 0. The molecule has 1 unspecified atom stereocenters. The fraction of sp³-hybridized carbons (Fsp3) is 0.300. The van der Waals surface area contributed by atoms with Crippen molar-refractivity contribution in [2.45, 2.75) is 25.7 Å². The van der Waals surface area contributed by atoms with Gasteiger partial charge in [-0.15, -0.1) is 0 Å². The van der Waals surface area contributed by atoms with Gasteiger partial charge in [-0.25, -0.2) is 0 Å². The number of carbonyl (C=O) groups excluding carboxylic acids is 1. The molecule has 1 atom stereocenters. The van der Waals surface area contributed by atoms with E-state index in [0.717, 1.165) is 37.3 Å². The number of ketones is 1. The average Bonchev–Trinajstić information content (AvgIpc) is 2.82. The zero-order valence-corrected chi connectivity index (χ0v) is 14.3. The summed E-state index contributed by atoms with van der Waals surface area (Å²) < 4.78 is 0. The number of Topliss-reactive ketones (excluding diaryl/α,β-unsaturated/α-hetero) is 1. The maximum Gasteiger partial charge on any atom is 0.163 e. The van der Waals surface area contributed by atoms with E-state index in [1.54, 1.807) is 24.3 Å². The smallest absolute Gasteiger partial charge is 0.163 e. The van der Waals surface area contributed by atoms with Gasteiger partial charge in [-0.05, 0) is 49.2 Å². The SMILES string of the molecule is O=C(CC1CCCCN=C1Nc1ccccc1)c1ccc(Cl)cc1. The molecule has 0 aromatic heterocycles. The first-order chi connectivity index (χ1) is 11.7. The van der Waals surface area contributed by atoms with Crippen LogP contribution in [0.5, 0.6) is 0 Å². The number of amidine groups is 1. The first-order valence-corrected chi connectivity index (χ1v) is 8.75. The fourth-order valence-electron chi connectivity index (χ4n) is 2.95. The van der Waals surface area contributed by atoms with Gasteiger partial charge in [0.1, 0.15) is 5.84 Å². The van der Waals surface area contributed by atoms with Gasteiger partial charge in [-0.2, -0.15) is 0 Å². The molecule has 3 nitrogen and oxygen atoms in total. The highest BCUT2D eigenvalue weighted by atomic mass is 35.5. The van der Waals surface area contributed by atoms with Crippen molar-refractivity contribution >= 4 is 28.9 Å². The molecular weight excluding hydrogens is 320 g/mol. The first kappa shape index (κ1) is 16.7. The highest BCUT2D eigenvalue weighted by Crippen LogP contribution is 2.23. The van der Waals surface area contributed by atoms with Crippen LogP contribution in [-0.4, -0.2) is 18.2 Å². The number of nitrogens with zero attached hydrogens (tertiary/aromatic N) is 1. The number of rotatable bonds is 4. The maximum atomic E-state index is 12.6. The van der Waals surface area contributed by atoms with Gasteiger partial charge in [0, 0.05) is 35.2 Å². The van der Waals surface area contributed by atoms with E-state index in [1.165, 1.54) is 0 Å². The monoisotopic (exact) mass is 340 g/mol. The maximum absolute atomic E-state index is 12.6. The van der Waals surface area contributed by atoms with E-state index in [2.05, 4.69) is 5.32 Å². The molecule has 24 heavy (non-hydrogen) atoms. The lowest BCUT2D eigenvalue weighted by molar-refractivity contribution is 0.0970. The number of anilines is 1. The Labute approximate surface area is 147 Å². The van der Waals surface area contributed by atoms with Crippen LogP contribution in [0.4, 0.5) is 5.69 Å². The van der Waals surface area contributed by atoms with E-state index in [1.807, 2.05) is 30.3 Å². The lowest BCUT2D eigenvalue weighted by Crippen LogP contribution is -2.25. The van der Waals surface area contributed by atoms with Crippen molar-refractivity contribution in [3.8, 4) is 0 Å². The van der Waals surface area contributed by atoms with Gasteiger partial charge in [0.2, 0.25) is 0 Å². The van der Waals surface area contributed by atoms with Gasteiger partial charge < -0.3 is 5.32 Å². The largest absolute Gasteiger partial charge is 0.344 e. The molecule has 3 rings (SSSR count). The zero-order valence-electron chi connectivity index (χ0n) is 13.5. The van der Waals surface area contributed by atoms with Crippen LogP contribution in [0.3, 0.4) is 0 Å². The Morgan fingerprint density at radius 2 is 1.83 bits per heavy atom. The van der Waals surface area contributed by atoms with E-state index in [4.69, 9.17) is 16.6 Å². The standard InChI is InChI=1S/C20H21ClN2O/c21-17-11-9-15(10-12-17)19(24)14-16-6-4-5-13-22-20(16)23-18-7-2-1-3-8-18/h1-3,7-12,16H,4-6,13-14H2,(H,22,23). The third kappa shape index (κ3) is 4.45. The van der Waals surface area contributed by atoms with Crippen LogP contribution in [0.15, 0.2) is 59.6 Å². The molecule has 124 valence electrons. The van der Waals surface area contributed by atoms with Crippen molar-refractivity contribution < 1.29 is 4.79 Å². The molecule has 0 saturated heterocycles.